The second kappa shape index (κ2) is 11.5. The minimum absolute atomic E-state index is 0.193. The van der Waals surface area contributed by atoms with E-state index in [1.807, 2.05) is 37.3 Å². The van der Waals surface area contributed by atoms with Crippen molar-refractivity contribution in [1.29, 1.82) is 0 Å². The van der Waals surface area contributed by atoms with Gasteiger partial charge in [0.2, 0.25) is 11.8 Å². The Morgan fingerprint density at radius 2 is 1.86 bits per heavy atom. The van der Waals surface area contributed by atoms with Crippen LogP contribution in [-0.4, -0.2) is 46.6 Å². The molecule has 11 heteroatoms. The van der Waals surface area contributed by atoms with E-state index in [4.69, 9.17) is 15.3 Å². The van der Waals surface area contributed by atoms with Gasteiger partial charge in [-0.05, 0) is 42.7 Å². The highest BCUT2D eigenvalue weighted by molar-refractivity contribution is 7.90. The predicted octanol–water partition coefficient (Wildman–Crippen LogP) is 3.35. The number of aryl methyl sites for hydroxylation is 2. The molecule has 0 spiro atoms. The van der Waals surface area contributed by atoms with Crippen molar-refractivity contribution in [2.75, 3.05) is 23.9 Å². The molecule has 0 aliphatic heterocycles. The zero-order valence-electron chi connectivity index (χ0n) is 19.8. The van der Waals surface area contributed by atoms with Crippen LogP contribution in [0, 0.1) is 6.92 Å². The first-order valence-electron chi connectivity index (χ1n) is 10.9. The third-order valence-corrected chi connectivity index (χ3v) is 6.15. The summed E-state index contributed by atoms with van der Waals surface area (Å²) in [5.74, 6) is 1.23. The summed E-state index contributed by atoms with van der Waals surface area (Å²) in [5.41, 5.74) is 8.89. The molecule has 0 fully saturated rings. The van der Waals surface area contributed by atoms with Gasteiger partial charge < -0.3 is 20.6 Å². The monoisotopic (exact) mass is 496 g/mol. The number of aliphatic hydroxyl groups excluding tert-OH is 1. The van der Waals surface area contributed by atoms with E-state index < -0.39 is 9.84 Å². The molecule has 0 atom stereocenters. The van der Waals surface area contributed by atoms with Crippen molar-refractivity contribution in [1.82, 2.24) is 20.2 Å². The van der Waals surface area contributed by atoms with Crippen molar-refractivity contribution in [3.05, 3.63) is 71.7 Å². The van der Waals surface area contributed by atoms with Gasteiger partial charge in [0, 0.05) is 31.2 Å². The minimum Gasteiger partial charge on any atom is -0.421 e. The lowest BCUT2D eigenvalue weighted by Gasteiger charge is -2.09. The minimum atomic E-state index is -3.27. The maximum absolute atomic E-state index is 11.7. The Balaban J connectivity index is 0.000000320. The topological polar surface area (TPSA) is 157 Å². The first-order chi connectivity index (χ1) is 16.7. The summed E-state index contributed by atoms with van der Waals surface area (Å²) in [6.07, 6.45) is 4.05. The molecule has 2 aromatic heterocycles. The van der Waals surface area contributed by atoms with Crippen molar-refractivity contribution in [2.45, 2.75) is 31.6 Å². The van der Waals surface area contributed by atoms with Crippen molar-refractivity contribution in [3.8, 4) is 11.5 Å². The number of aliphatic hydroxyl groups is 1. The summed E-state index contributed by atoms with van der Waals surface area (Å²) in [6.45, 7) is 3.87. The van der Waals surface area contributed by atoms with Crippen LogP contribution in [0.5, 0.6) is 0 Å². The van der Waals surface area contributed by atoms with E-state index in [9.17, 15) is 8.42 Å². The summed E-state index contributed by atoms with van der Waals surface area (Å²) >= 11 is 0. The molecule has 0 unspecified atom stereocenters. The molecule has 0 saturated heterocycles. The summed E-state index contributed by atoms with van der Waals surface area (Å²) in [7, 11) is -3.27. The Bertz CT molecular complexity index is 1370. The van der Waals surface area contributed by atoms with Gasteiger partial charge in [-0.25, -0.2) is 13.4 Å². The number of nitrogen functional groups attached to an aromatic ring is 1. The second-order valence-corrected chi connectivity index (χ2v) is 9.67. The van der Waals surface area contributed by atoms with Crippen LogP contribution >= 0.6 is 0 Å². The number of rotatable bonds is 7. The third-order valence-electron chi connectivity index (χ3n) is 4.89. The lowest BCUT2D eigenvalue weighted by molar-refractivity contribution is 0.299. The van der Waals surface area contributed by atoms with E-state index in [2.05, 4.69) is 25.5 Å². The highest BCUT2D eigenvalue weighted by atomic mass is 32.2. The van der Waals surface area contributed by atoms with Gasteiger partial charge in [-0.2, -0.15) is 4.98 Å². The average Bonchev–Trinajstić information content (AvgIpc) is 3.29. The molecule has 0 radical (unpaired) electrons. The van der Waals surface area contributed by atoms with Crippen LogP contribution in [0.15, 0.2) is 64.0 Å². The quantitative estimate of drug-likeness (QED) is 0.346. The maximum Gasteiger partial charge on any atom is 0.253 e. The molecule has 2 aromatic carbocycles. The van der Waals surface area contributed by atoms with Gasteiger partial charge in [0.25, 0.3) is 5.89 Å². The molecule has 2 heterocycles. The lowest BCUT2D eigenvalue weighted by atomic mass is 10.2. The summed E-state index contributed by atoms with van der Waals surface area (Å²) in [4.78, 5) is 8.67. The van der Waals surface area contributed by atoms with Crippen LogP contribution in [0.2, 0.25) is 0 Å². The van der Waals surface area contributed by atoms with Gasteiger partial charge in [0.05, 0.1) is 10.5 Å². The smallest absolute Gasteiger partial charge is 0.253 e. The molecule has 4 aromatic rings. The summed E-state index contributed by atoms with van der Waals surface area (Å²) < 4.78 is 28.8. The molecule has 184 valence electrons. The normalized spacial score (nSPS) is 11.0. The molecule has 0 bridgehead atoms. The third kappa shape index (κ3) is 7.08. The fourth-order valence-electron chi connectivity index (χ4n) is 3.17. The molecule has 0 amide bonds. The SMILES string of the molecule is CCc1nnc(-c2cnc(Nc3ccc(S(C)(=O)=O)c(C)c3)nc2N)o1.OCCc1ccccc1. The van der Waals surface area contributed by atoms with E-state index in [-0.39, 0.29) is 29.2 Å². The number of benzene rings is 2. The highest BCUT2D eigenvalue weighted by Gasteiger charge is 2.14. The first-order valence-corrected chi connectivity index (χ1v) is 12.8. The Hall–Kier alpha value is -3.83. The zero-order chi connectivity index (χ0) is 25.4. The van der Waals surface area contributed by atoms with E-state index in [0.717, 1.165) is 6.42 Å². The fraction of sp³-hybridized carbons (Fsp3) is 0.250. The van der Waals surface area contributed by atoms with Crippen LogP contribution < -0.4 is 11.1 Å². The van der Waals surface area contributed by atoms with Crippen molar-refractivity contribution < 1.29 is 17.9 Å². The predicted molar refractivity (Wildman–Crippen MR) is 134 cm³/mol. The van der Waals surface area contributed by atoms with Crippen LogP contribution in [0.1, 0.15) is 23.9 Å². The van der Waals surface area contributed by atoms with Gasteiger partial charge in [-0.3, -0.25) is 0 Å². The van der Waals surface area contributed by atoms with Crippen molar-refractivity contribution >= 4 is 27.3 Å². The highest BCUT2D eigenvalue weighted by Crippen LogP contribution is 2.25. The fourth-order valence-corrected chi connectivity index (χ4v) is 4.13. The molecule has 4 rings (SSSR count). The Labute approximate surface area is 204 Å². The standard InChI is InChI=1S/C16H18N6O3S.C8H10O/c1-4-13-21-22-15(25-13)11-8-18-16(20-14(11)17)19-10-5-6-12(9(2)7-10)26(3,23)24;9-7-6-8-4-2-1-3-5-8/h5-8H,4H2,1-3H3,(H3,17,18,19,20);1-5,9H,6-7H2. The number of hydrogen-bond donors (Lipinski definition) is 3. The van der Waals surface area contributed by atoms with Crippen molar-refractivity contribution in [2.24, 2.45) is 0 Å². The second-order valence-electron chi connectivity index (χ2n) is 7.68. The number of nitrogens with one attached hydrogen (secondary N) is 1. The van der Waals surface area contributed by atoms with Crippen LogP contribution in [0.3, 0.4) is 0 Å². The number of aromatic nitrogens is 4. The number of anilines is 3. The lowest BCUT2D eigenvalue weighted by Crippen LogP contribution is -2.04. The summed E-state index contributed by atoms with van der Waals surface area (Å²) in [6, 6.07) is 14.8. The molecule has 0 saturated carbocycles. The number of hydrogen-bond acceptors (Lipinski definition) is 10. The number of nitrogens with zero attached hydrogens (tertiary/aromatic N) is 4. The molecule has 0 aliphatic carbocycles. The maximum atomic E-state index is 11.7. The number of sulfone groups is 1. The zero-order valence-corrected chi connectivity index (χ0v) is 20.6. The van der Waals surface area contributed by atoms with Crippen molar-refractivity contribution in [3.63, 3.8) is 0 Å². The first kappa shape index (κ1) is 25.8. The molecular formula is C24H28N6O4S. The van der Waals surface area contributed by atoms with Crippen LogP contribution in [0.25, 0.3) is 11.5 Å². The van der Waals surface area contributed by atoms with Gasteiger partial charge in [-0.1, -0.05) is 37.3 Å². The molecule has 35 heavy (non-hydrogen) atoms. The summed E-state index contributed by atoms with van der Waals surface area (Å²) in [5, 5.41) is 19.3. The largest absolute Gasteiger partial charge is 0.421 e. The van der Waals surface area contributed by atoms with E-state index in [1.165, 1.54) is 24.1 Å². The van der Waals surface area contributed by atoms with Gasteiger partial charge in [-0.15, -0.1) is 10.2 Å². The Morgan fingerprint density at radius 1 is 1.11 bits per heavy atom. The Kier molecular flexibility index (Phi) is 8.50. The van der Waals surface area contributed by atoms with Gasteiger partial charge in [0.15, 0.2) is 9.84 Å². The van der Waals surface area contributed by atoms with E-state index in [0.29, 0.717) is 29.1 Å². The molecule has 4 N–H and O–H groups in total. The molecular weight excluding hydrogens is 468 g/mol. The van der Waals surface area contributed by atoms with Gasteiger partial charge in [0.1, 0.15) is 5.82 Å². The van der Waals surface area contributed by atoms with Gasteiger partial charge >= 0.3 is 0 Å². The Morgan fingerprint density at radius 3 is 2.43 bits per heavy atom. The number of nitrogens with two attached hydrogens (primary N) is 1. The molecule has 10 nitrogen and oxygen atoms in total. The van der Waals surface area contributed by atoms with E-state index in [1.54, 1.807) is 19.1 Å². The average molecular weight is 497 g/mol. The molecule has 0 aliphatic rings. The van der Waals surface area contributed by atoms with Crippen LogP contribution in [0.4, 0.5) is 17.5 Å². The van der Waals surface area contributed by atoms with E-state index >= 15 is 0 Å². The van der Waals surface area contributed by atoms with Crippen LogP contribution in [-0.2, 0) is 22.7 Å².